The second-order valence-electron chi connectivity index (χ2n) is 8.96. The molecule has 35 heavy (non-hydrogen) atoms. The molecule has 1 atom stereocenters. The summed E-state index contributed by atoms with van der Waals surface area (Å²) in [4.78, 5) is 40.0. The first-order valence-electron chi connectivity index (χ1n) is 11.1. The molecule has 0 heterocycles. The number of hydrogen-bond acceptors (Lipinski definition) is 6. The highest BCUT2D eigenvalue weighted by Crippen LogP contribution is 2.29. The van der Waals surface area contributed by atoms with Crippen LogP contribution in [0, 0.1) is 25.2 Å². The fraction of sp³-hybridized carbons (Fsp3) is 0.385. The lowest BCUT2D eigenvalue weighted by Crippen LogP contribution is -2.47. The van der Waals surface area contributed by atoms with Crippen LogP contribution in [0.5, 0.6) is 5.75 Å². The molecular formula is C26H32N4O5. The minimum atomic E-state index is -1.11. The van der Waals surface area contributed by atoms with Crippen molar-refractivity contribution in [3.8, 4) is 11.8 Å². The number of aryl methyl sites for hydroxylation is 2. The van der Waals surface area contributed by atoms with E-state index in [2.05, 4.69) is 10.6 Å². The maximum absolute atomic E-state index is 13.6. The van der Waals surface area contributed by atoms with E-state index in [1.165, 1.54) is 0 Å². The van der Waals surface area contributed by atoms with Gasteiger partial charge in [-0.3, -0.25) is 9.59 Å². The van der Waals surface area contributed by atoms with E-state index >= 15 is 0 Å². The molecule has 0 radical (unpaired) electrons. The number of nitrogens with one attached hydrogen (secondary N) is 2. The summed E-state index contributed by atoms with van der Waals surface area (Å²) in [5, 5.41) is 14.7. The molecule has 2 aromatic rings. The minimum absolute atomic E-state index is 0.358. The van der Waals surface area contributed by atoms with Gasteiger partial charge in [-0.2, -0.15) is 5.26 Å². The first-order valence-corrected chi connectivity index (χ1v) is 11.1. The van der Waals surface area contributed by atoms with Crippen LogP contribution in [0.4, 0.5) is 10.5 Å². The number of nitriles is 1. The number of hydrogen-bond donors (Lipinski definition) is 2. The molecule has 0 saturated heterocycles. The molecule has 9 heteroatoms. The van der Waals surface area contributed by atoms with Crippen LogP contribution in [0.15, 0.2) is 42.5 Å². The Bertz CT molecular complexity index is 1080. The van der Waals surface area contributed by atoms with E-state index in [1.54, 1.807) is 52.1 Å². The standard InChI is InChI=1S/C26H32N4O5/c1-17-8-7-9-18(2)22(17)23(24(32)29-19-10-12-20(34-6)13-11-19)30(15-14-27)21(31)16-28-25(33)35-26(3,4)5/h7-13,23H,15-16H2,1-6H3,(H,28,33)(H,29,32). The molecule has 0 aliphatic heterocycles. The third-order valence-electron chi connectivity index (χ3n) is 5.08. The lowest BCUT2D eigenvalue weighted by atomic mass is 9.94. The Hall–Kier alpha value is -4.06. The Balaban J connectivity index is 2.39. The molecule has 0 aliphatic carbocycles. The van der Waals surface area contributed by atoms with Crippen molar-refractivity contribution in [1.82, 2.24) is 10.2 Å². The molecule has 0 spiro atoms. The first-order chi connectivity index (χ1) is 16.5. The summed E-state index contributed by atoms with van der Waals surface area (Å²) >= 11 is 0. The van der Waals surface area contributed by atoms with Crippen LogP contribution in [-0.4, -0.2) is 48.6 Å². The summed E-state index contributed by atoms with van der Waals surface area (Å²) in [6.07, 6.45) is -0.769. The average molecular weight is 481 g/mol. The lowest BCUT2D eigenvalue weighted by molar-refractivity contribution is -0.137. The second-order valence-corrected chi connectivity index (χ2v) is 8.96. The van der Waals surface area contributed by atoms with Crippen LogP contribution in [0.2, 0.25) is 0 Å². The number of benzene rings is 2. The van der Waals surface area contributed by atoms with Crippen molar-refractivity contribution < 1.29 is 23.9 Å². The molecule has 0 fully saturated rings. The fourth-order valence-electron chi connectivity index (χ4n) is 3.54. The van der Waals surface area contributed by atoms with Crippen LogP contribution in [0.3, 0.4) is 0 Å². The third kappa shape index (κ3) is 7.74. The van der Waals surface area contributed by atoms with E-state index in [4.69, 9.17) is 9.47 Å². The molecule has 2 aromatic carbocycles. The van der Waals surface area contributed by atoms with Gasteiger partial charge in [-0.1, -0.05) is 18.2 Å². The highest BCUT2D eigenvalue weighted by atomic mass is 16.6. The normalized spacial score (nSPS) is 11.6. The van der Waals surface area contributed by atoms with Crippen LogP contribution in [0.1, 0.15) is 43.5 Å². The molecule has 186 valence electrons. The Kier molecular flexibility index (Phi) is 9.23. The molecule has 1 unspecified atom stereocenters. The number of carbonyl (C=O) groups excluding carboxylic acids is 3. The molecule has 2 rings (SSSR count). The molecular weight excluding hydrogens is 448 g/mol. The van der Waals surface area contributed by atoms with Gasteiger partial charge in [0.2, 0.25) is 5.91 Å². The smallest absolute Gasteiger partial charge is 0.408 e. The van der Waals surface area contributed by atoms with Crippen LogP contribution >= 0.6 is 0 Å². The van der Waals surface area contributed by atoms with Gasteiger partial charge in [0, 0.05) is 5.69 Å². The fourth-order valence-corrected chi connectivity index (χ4v) is 3.54. The predicted octanol–water partition coefficient (Wildman–Crippen LogP) is 3.87. The topological polar surface area (TPSA) is 121 Å². The van der Waals surface area contributed by atoms with Gasteiger partial charge in [0.05, 0.1) is 13.2 Å². The van der Waals surface area contributed by atoms with E-state index in [1.807, 2.05) is 38.1 Å². The number of nitrogens with zero attached hydrogens (tertiary/aromatic N) is 2. The van der Waals surface area contributed by atoms with E-state index in [9.17, 15) is 19.6 Å². The number of rotatable bonds is 8. The maximum Gasteiger partial charge on any atom is 0.408 e. The van der Waals surface area contributed by atoms with Crippen molar-refractivity contribution >= 4 is 23.6 Å². The van der Waals surface area contributed by atoms with Gasteiger partial charge in [0.25, 0.3) is 5.91 Å². The van der Waals surface area contributed by atoms with Crippen molar-refractivity contribution in [1.29, 1.82) is 5.26 Å². The van der Waals surface area contributed by atoms with Gasteiger partial charge in [-0.05, 0) is 75.6 Å². The zero-order valence-electron chi connectivity index (χ0n) is 21.0. The molecule has 3 amide bonds. The van der Waals surface area contributed by atoms with Crippen LogP contribution < -0.4 is 15.4 Å². The third-order valence-corrected chi connectivity index (χ3v) is 5.08. The molecule has 2 N–H and O–H groups in total. The first kappa shape index (κ1) is 27.2. The molecule has 0 aliphatic rings. The predicted molar refractivity (Wildman–Crippen MR) is 132 cm³/mol. The van der Waals surface area contributed by atoms with Crippen LogP contribution in [0.25, 0.3) is 0 Å². The zero-order chi connectivity index (χ0) is 26.2. The van der Waals surface area contributed by atoms with Crippen molar-refractivity contribution in [3.05, 3.63) is 59.2 Å². The van der Waals surface area contributed by atoms with Gasteiger partial charge in [-0.15, -0.1) is 0 Å². The van der Waals surface area contributed by atoms with E-state index < -0.39 is 36.1 Å². The highest BCUT2D eigenvalue weighted by Gasteiger charge is 2.34. The number of alkyl carbamates (subject to hydrolysis) is 1. The second kappa shape index (κ2) is 11.9. The monoisotopic (exact) mass is 480 g/mol. The molecule has 0 saturated carbocycles. The van der Waals surface area contributed by atoms with E-state index in [0.717, 1.165) is 16.0 Å². The van der Waals surface area contributed by atoms with Crippen molar-refractivity contribution in [2.24, 2.45) is 0 Å². The summed E-state index contributed by atoms with van der Waals surface area (Å²) < 4.78 is 10.3. The SMILES string of the molecule is COc1ccc(NC(=O)C(c2c(C)cccc2C)N(CC#N)C(=O)CNC(=O)OC(C)(C)C)cc1. The Morgan fingerprint density at radius 1 is 1.06 bits per heavy atom. The van der Waals surface area contributed by atoms with E-state index in [-0.39, 0.29) is 6.54 Å². The Morgan fingerprint density at radius 3 is 2.17 bits per heavy atom. The van der Waals surface area contributed by atoms with Gasteiger partial charge < -0.3 is 25.0 Å². The molecule has 9 nitrogen and oxygen atoms in total. The molecule has 0 bridgehead atoms. The Morgan fingerprint density at radius 2 is 1.66 bits per heavy atom. The zero-order valence-corrected chi connectivity index (χ0v) is 21.0. The Labute approximate surface area is 206 Å². The summed E-state index contributed by atoms with van der Waals surface area (Å²) in [7, 11) is 1.54. The summed E-state index contributed by atoms with van der Waals surface area (Å²) in [6.45, 7) is 8.00. The lowest BCUT2D eigenvalue weighted by Gasteiger charge is -2.31. The summed E-state index contributed by atoms with van der Waals surface area (Å²) in [5.41, 5.74) is 1.95. The number of carbonyl (C=O) groups is 3. The summed E-state index contributed by atoms with van der Waals surface area (Å²) in [5.74, 6) is -0.466. The quantitative estimate of drug-likeness (QED) is 0.554. The number of amides is 3. The maximum atomic E-state index is 13.6. The molecule has 0 aromatic heterocycles. The van der Waals surface area contributed by atoms with Gasteiger partial charge in [0.15, 0.2) is 0 Å². The largest absolute Gasteiger partial charge is 0.497 e. The summed E-state index contributed by atoms with van der Waals surface area (Å²) in [6, 6.07) is 13.1. The average Bonchev–Trinajstić information content (AvgIpc) is 2.78. The van der Waals surface area contributed by atoms with Gasteiger partial charge >= 0.3 is 6.09 Å². The van der Waals surface area contributed by atoms with Crippen molar-refractivity contribution in [3.63, 3.8) is 0 Å². The van der Waals surface area contributed by atoms with Crippen molar-refractivity contribution in [2.75, 3.05) is 25.5 Å². The van der Waals surface area contributed by atoms with Gasteiger partial charge in [-0.25, -0.2) is 4.79 Å². The number of anilines is 1. The van der Waals surface area contributed by atoms with Crippen LogP contribution in [-0.2, 0) is 14.3 Å². The van der Waals surface area contributed by atoms with E-state index in [0.29, 0.717) is 17.0 Å². The minimum Gasteiger partial charge on any atom is -0.497 e. The van der Waals surface area contributed by atoms with Crippen molar-refractivity contribution in [2.45, 2.75) is 46.3 Å². The highest BCUT2D eigenvalue weighted by molar-refractivity contribution is 5.99. The number of methoxy groups -OCH3 is 1. The number of ether oxygens (including phenoxy) is 2. The van der Waals surface area contributed by atoms with Gasteiger partial charge in [0.1, 0.15) is 30.5 Å².